The first-order chi connectivity index (χ1) is 7.83. The highest BCUT2D eigenvalue weighted by Crippen LogP contribution is 2.35. The van der Waals surface area contributed by atoms with Crippen LogP contribution >= 0.6 is 12.4 Å². The van der Waals surface area contributed by atoms with E-state index in [1.54, 1.807) is 0 Å². The topological polar surface area (TPSA) is 47.7 Å². The van der Waals surface area contributed by atoms with E-state index in [9.17, 15) is 0 Å². The summed E-state index contributed by atoms with van der Waals surface area (Å²) in [6.07, 6.45) is 2.13. The van der Waals surface area contributed by atoms with Crippen LogP contribution in [0, 0.1) is 0 Å². The zero-order chi connectivity index (χ0) is 11.0. The Hall–Kier alpha value is -1.13. The van der Waals surface area contributed by atoms with E-state index in [1.165, 1.54) is 5.69 Å². The van der Waals surface area contributed by atoms with Gasteiger partial charge in [-0.3, -0.25) is 0 Å². The second-order valence-electron chi connectivity index (χ2n) is 4.36. The van der Waals surface area contributed by atoms with Crippen molar-refractivity contribution in [1.29, 1.82) is 0 Å². The number of benzene rings is 1. The van der Waals surface area contributed by atoms with E-state index in [0.717, 1.165) is 37.4 Å². The quantitative estimate of drug-likeness (QED) is 0.832. The maximum atomic E-state index is 5.89. The molecular weight excluding hydrogens is 240 g/mol. The summed E-state index contributed by atoms with van der Waals surface area (Å²) in [7, 11) is 0. The highest BCUT2D eigenvalue weighted by atomic mass is 35.5. The summed E-state index contributed by atoms with van der Waals surface area (Å²) in [6, 6.07) is 6.49. The molecule has 4 nitrogen and oxygen atoms in total. The summed E-state index contributed by atoms with van der Waals surface area (Å²) in [4.78, 5) is 2.35. The van der Waals surface area contributed by atoms with Gasteiger partial charge in [0, 0.05) is 30.9 Å². The van der Waals surface area contributed by atoms with Crippen LogP contribution < -0.4 is 20.1 Å². The summed E-state index contributed by atoms with van der Waals surface area (Å²) < 4.78 is 10.7. The first kappa shape index (κ1) is 12.3. The van der Waals surface area contributed by atoms with Gasteiger partial charge in [-0.25, -0.2) is 0 Å². The third kappa shape index (κ3) is 2.42. The molecule has 0 spiro atoms. The lowest BCUT2D eigenvalue weighted by Gasteiger charge is -2.32. The Labute approximate surface area is 107 Å². The van der Waals surface area contributed by atoms with Crippen molar-refractivity contribution in [2.24, 2.45) is 5.73 Å². The minimum absolute atomic E-state index is 0. The molecule has 0 amide bonds. The molecule has 2 aliphatic rings. The molecule has 3 rings (SSSR count). The lowest BCUT2D eigenvalue weighted by molar-refractivity contribution is 0.174. The molecule has 0 atom stereocenters. The number of halogens is 1. The Morgan fingerprint density at radius 3 is 2.59 bits per heavy atom. The maximum Gasteiger partial charge on any atom is 0.231 e. The fourth-order valence-corrected chi connectivity index (χ4v) is 2.24. The predicted octanol–water partition coefficient (Wildman–Crippen LogP) is 1.76. The third-order valence-corrected chi connectivity index (χ3v) is 3.26. The molecule has 0 bridgehead atoms. The average molecular weight is 257 g/mol. The molecule has 2 aliphatic heterocycles. The van der Waals surface area contributed by atoms with Gasteiger partial charge in [-0.2, -0.15) is 0 Å². The van der Waals surface area contributed by atoms with Crippen LogP contribution in [0.25, 0.3) is 0 Å². The molecule has 94 valence electrons. The summed E-state index contributed by atoms with van der Waals surface area (Å²) in [5.41, 5.74) is 7.10. The molecular formula is C12H17ClN2O2. The second-order valence-corrected chi connectivity index (χ2v) is 4.36. The van der Waals surface area contributed by atoms with E-state index in [-0.39, 0.29) is 12.4 Å². The van der Waals surface area contributed by atoms with E-state index in [2.05, 4.69) is 17.0 Å². The van der Waals surface area contributed by atoms with E-state index in [4.69, 9.17) is 15.2 Å². The van der Waals surface area contributed by atoms with Crippen LogP contribution in [0.1, 0.15) is 12.8 Å². The van der Waals surface area contributed by atoms with Crippen molar-refractivity contribution in [3.8, 4) is 11.5 Å². The van der Waals surface area contributed by atoms with E-state index >= 15 is 0 Å². The van der Waals surface area contributed by atoms with Crippen molar-refractivity contribution in [1.82, 2.24) is 0 Å². The van der Waals surface area contributed by atoms with Crippen molar-refractivity contribution < 1.29 is 9.47 Å². The molecule has 0 radical (unpaired) electrons. The SMILES string of the molecule is Cl.NC1CCN(c2ccc3c(c2)OCO3)CC1. The second kappa shape index (κ2) is 5.02. The van der Waals surface area contributed by atoms with Crippen LogP contribution in [0.4, 0.5) is 5.69 Å². The van der Waals surface area contributed by atoms with Crippen LogP contribution in [0.2, 0.25) is 0 Å². The average Bonchev–Trinajstić information content (AvgIpc) is 2.77. The number of rotatable bonds is 1. The molecule has 0 aromatic heterocycles. The molecule has 17 heavy (non-hydrogen) atoms. The zero-order valence-electron chi connectivity index (χ0n) is 9.59. The van der Waals surface area contributed by atoms with Crippen molar-refractivity contribution in [3.05, 3.63) is 18.2 Å². The normalized spacial score (nSPS) is 19.0. The molecule has 1 fully saturated rings. The first-order valence-electron chi connectivity index (χ1n) is 5.73. The molecule has 1 aromatic rings. The lowest BCUT2D eigenvalue weighted by atomic mass is 10.1. The molecule has 0 saturated carbocycles. The molecule has 5 heteroatoms. The highest BCUT2D eigenvalue weighted by molar-refractivity contribution is 5.85. The van der Waals surface area contributed by atoms with Gasteiger partial charge in [0.05, 0.1) is 0 Å². The maximum absolute atomic E-state index is 5.89. The smallest absolute Gasteiger partial charge is 0.231 e. The van der Waals surface area contributed by atoms with Crippen LogP contribution in [0.5, 0.6) is 11.5 Å². The fraction of sp³-hybridized carbons (Fsp3) is 0.500. The van der Waals surface area contributed by atoms with Crippen molar-refractivity contribution in [3.63, 3.8) is 0 Å². The van der Waals surface area contributed by atoms with Crippen molar-refractivity contribution in [2.45, 2.75) is 18.9 Å². The van der Waals surface area contributed by atoms with Crippen LogP contribution in [0.3, 0.4) is 0 Å². The number of nitrogens with zero attached hydrogens (tertiary/aromatic N) is 1. The van der Waals surface area contributed by atoms with Gasteiger partial charge in [-0.1, -0.05) is 0 Å². The molecule has 1 saturated heterocycles. The fourth-order valence-electron chi connectivity index (χ4n) is 2.24. The Kier molecular flexibility index (Phi) is 3.64. The summed E-state index contributed by atoms with van der Waals surface area (Å²) >= 11 is 0. The van der Waals surface area contributed by atoms with Gasteiger partial charge >= 0.3 is 0 Å². The lowest BCUT2D eigenvalue weighted by Crippen LogP contribution is -2.39. The van der Waals surface area contributed by atoms with Gasteiger partial charge < -0.3 is 20.1 Å². The Bertz CT molecular complexity index is 392. The zero-order valence-corrected chi connectivity index (χ0v) is 10.4. The number of piperidine rings is 1. The van der Waals surface area contributed by atoms with Crippen molar-refractivity contribution in [2.75, 3.05) is 24.8 Å². The third-order valence-electron chi connectivity index (χ3n) is 3.26. The number of hydrogen-bond donors (Lipinski definition) is 1. The van der Waals surface area contributed by atoms with Gasteiger partial charge in [0.15, 0.2) is 11.5 Å². The van der Waals surface area contributed by atoms with Gasteiger partial charge in [0.2, 0.25) is 6.79 Å². The highest BCUT2D eigenvalue weighted by Gasteiger charge is 2.19. The van der Waals surface area contributed by atoms with E-state index in [1.807, 2.05) is 6.07 Å². The predicted molar refractivity (Wildman–Crippen MR) is 69.2 cm³/mol. The standard InChI is InChI=1S/C12H16N2O2.ClH/c13-9-3-5-14(6-4-9)10-1-2-11-12(7-10)16-8-15-11;/h1-2,7,9H,3-6,8,13H2;1H. The number of nitrogens with two attached hydrogens (primary N) is 1. The largest absolute Gasteiger partial charge is 0.454 e. The van der Waals surface area contributed by atoms with E-state index in [0.29, 0.717) is 12.8 Å². The number of anilines is 1. The molecule has 0 unspecified atom stereocenters. The Morgan fingerprint density at radius 1 is 1.12 bits per heavy atom. The minimum Gasteiger partial charge on any atom is -0.454 e. The number of hydrogen-bond acceptors (Lipinski definition) is 4. The molecule has 0 aliphatic carbocycles. The minimum atomic E-state index is 0. The Balaban J connectivity index is 0.00000108. The molecule has 1 aromatic carbocycles. The van der Waals surface area contributed by atoms with Gasteiger partial charge in [-0.05, 0) is 25.0 Å². The van der Waals surface area contributed by atoms with Crippen LogP contribution in [0.15, 0.2) is 18.2 Å². The van der Waals surface area contributed by atoms with E-state index < -0.39 is 0 Å². The number of fused-ring (bicyclic) bond motifs is 1. The monoisotopic (exact) mass is 256 g/mol. The number of ether oxygens (including phenoxy) is 2. The summed E-state index contributed by atoms with van der Waals surface area (Å²) in [5, 5.41) is 0. The summed E-state index contributed by atoms with van der Waals surface area (Å²) in [5.74, 6) is 1.70. The van der Waals surface area contributed by atoms with Crippen LogP contribution in [-0.4, -0.2) is 25.9 Å². The molecule has 2 heterocycles. The van der Waals surface area contributed by atoms with Gasteiger partial charge in [0.25, 0.3) is 0 Å². The van der Waals surface area contributed by atoms with Crippen molar-refractivity contribution >= 4 is 18.1 Å². The Morgan fingerprint density at radius 2 is 1.82 bits per heavy atom. The summed E-state index contributed by atoms with van der Waals surface area (Å²) in [6.45, 7) is 2.39. The van der Waals surface area contributed by atoms with Gasteiger partial charge in [0.1, 0.15) is 0 Å². The molecule has 2 N–H and O–H groups in total. The van der Waals surface area contributed by atoms with Gasteiger partial charge in [-0.15, -0.1) is 12.4 Å². The first-order valence-corrected chi connectivity index (χ1v) is 5.73. The van der Waals surface area contributed by atoms with Crippen LogP contribution in [-0.2, 0) is 0 Å².